The average Bonchev–Trinajstić information content (AvgIpc) is 2.48. The summed E-state index contributed by atoms with van der Waals surface area (Å²) in [6.45, 7) is 1.39. The Labute approximate surface area is 136 Å². The molecule has 0 aromatic carbocycles. The number of carbonyl (C=O) groups is 4. The minimum Gasteiger partial charge on any atom is -0.475 e. The number of carboxylic acids is 1. The first-order chi connectivity index (χ1) is 11.0. The molecule has 11 nitrogen and oxygen atoms in total. The maximum absolute atomic E-state index is 11.0. The molecule has 5 N–H and O–H groups in total. The summed E-state index contributed by atoms with van der Waals surface area (Å²) in [5.41, 5.74) is 0. The number of hydrogen-bond donors (Lipinski definition) is 5. The number of ether oxygens (including phenoxy) is 2. The lowest BCUT2D eigenvalue weighted by Crippen LogP contribution is -2.52. The summed E-state index contributed by atoms with van der Waals surface area (Å²) in [6, 6.07) is 0. The normalized spacial score (nSPS) is 17.1. The molecule has 0 saturated carbocycles. The van der Waals surface area contributed by atoms with Gasteiger partial charge in [-0.05, 0) is 0 Å². The van der Waals surface area contributed by atoms with Gasteiger partial charge in [0.2, 0.25) is 5.78 Å². The van der Waals surface area contributed by atoms with E-state index in [0.29, 0.717) is 0 Å². The highest BCUT2D eigenvalue weighted by Crippen LogP contribution is 2.14. The van der Waals surface area contributed by atoms with Crippen molar-refractivity contribution in [3.8, 4) is 0 Å². The van der Waals surface area contributed by atoms with E-state index in [1.54, 1.807) is 0 Å². The standard InChI is InChI=1S/C13H20O11/c1-5(14)23-4-9(24-6(2)15)11(19)12(20)10(18)7(16)3-8(17)13(21)22/h7,9-12,16,18-20H,3-4H2,1-2H3,(H,21,22). The number of Topliss-reactive ketones (excluding diaryl/α,β-unsaturated/α-hetero) is 1. The summed E-state index contributed by atoms with van der Waals surface area (Å²) >= 11 is 0. The fourth-order valence-electron chi connectivity index (χ4n) is 1.66. The topological polar surface area (TPSA) is 188 Å². The summed E-state index contributed by atoms with van der Waals surface area (Å²) in [5.74, 6) is -4.90. The zero-order valence-corrected chi connectivity index (χ0v) is 13.0. The Morgan fingerprint density at radius 1 is 0.875 bits per heavy atom. The summed E-state index contributed by atoms with van der Waals surface area (Å²) in [7, 11) is 0. The molecule has 0 bridgehead atoms. The van der Waals surface area contributed by atoms with Gasteiger partial charge in [0.05, 0.1) is 6.10 Å². The number of esters is 2. The smallest absolute Gasteiger partial charge is 0.372 e. The van der Waals surface area contributed by atoms with Crippen molar-refractivity contribution in [2.45, 2.75) is 50.8 Å². The van der Waals surface area contributed by atoms with Crippen molar-refractivity contribution >= 4 is 23.7 Å². The highest BCUT2D eigenvalue weighted by atomic mass is 16.6. The van der Waals surface area contributed by atoms with Crippen molar-refractivity contribution in [3.05, 3.63) is 0 Å². The van der Waals surface area contributed by atoms with Gasteiger partial charge in [-0.3, -0.25) is 14.4 Å². The van der Waals surface area contributed by atoms with Crippen LogP contribution in [0.15, 0.2) is 0 Å². The van der Waals surface area contributed by atoms with Gasteiger partial charge < -0.3 is 35.0 Å². The van der Waals surface area contributed by atoms with E-state index in [-0.39, 0.29) is 0 Å². The summed E-state index contributed by atoms with van der Waals surface area (Å²) in [5, 5.41) is 47.4. The average molecular weight is 352 g/mol. The highest BCUT2D eigenvalue weighted by Gasteiger charge is 2.38. The second kappa shape index (κ2) is 9.93. The number of ketones is 1. The monoisotopic (exact) mass is 352 g/mol. The Bertz CT molecular complexity index is 475. The van der Waals surface area contributed by atoms with E-state index >= 15 is 0 Å². The summed E-state index contributed by atoms with van der Waals surface area (Å²) < 4.78 is 9.20. The van der Waals surface area contributed by atoms with Gasteiger partial charge in [-0.1, -0.05) is 0 Å². The molecule has 0 aliphatic rings. The molecule has 138 valence electrons. The Hall–Kier alpha value is -2.08. The molecular formula is C13H20O11. The number of rotatable bonds is 10. The van der Waals surface area contributed by atoms with Gasteiger partial charge in [-0.2, -0.15) is 0 Å². The largest absolute Gasteiger partial charge is 0.475 e. The van der Waals surface area contributed by atoms with E-state index in [1.807, 2.05) is 0 Å². The molecule has 0 fully saturated rings. The van der Waals surface area contributed by atoms with E-state index in [9.17, 15) is 39.6 Å². The minimum atomic E-state index is -2.13. The molecule has 0 aromatic rings. The molecule has 0 saturated heterocycles. The lowest BCUT2D eigenvalue weighted by molar-refractivity contribution is -0.179. The van der Waals surface area contributed by atoms with Crippen LogP contribution < -0.4 is 0 Å². The molecule has 11 heteroatoms. The maximum Gasteiger partial charge on any atom is 0.372 e. The first-order valence-electron chi connectivity index (χ1n) is 6.76. The summed E-state index contributed by atoms with van der Waals surface area (Å²) in [4.78, 5) is 43.1. The maximum atomic E-state index is 11.0. The van der Waals surface area contributed by atoms with Gasteiger partial charge >= 0.3 is 17.9 Å². The van der Waals surface area contributed by atoms with E-state index in [0.717, 1.165) is 13.8 Å². The molecule has 0 aromatic heterocycles. The fourth-order valence-corrected chi connectivity index (χ4v) is 1.66. The molecule has 0 amide bonds. The van der Waals surface area contributed by atoms with Crippen LogP contribution in [-0.2, 0) is 28.7 Å². The van der Waals surface area contributed by atoms with Crippen LogP contribution in [0.4, 0.5) is 0 Å². The number of aliphatic carboxylic acids is 1. The molecular weight excluding hydrogens is 332 g/mol. The highest BCUT2D eigenvalue weighted by molar-refractivity contribution is 6.32. The second-order valence-corrected chi connectivity index (χ2v) is 4.92. The van der Waals surface area contributed by atoms with Crippen LogP contribution in [0.25, 0.3) is 0 Å². The number of carbonyl (C=O) groups excluding carboxylic acids is 3. The Morgan fingerprint density at radius 2 is 1.42 bits per heavy atom. The van der Waals surface area contributed by atoms with Crippen LogP contribution in [0.1, 0.15) is 20.3 Å². The molecule has 0 aliphatic heterocycles. The second-order valence-electron chi connectivity index (χ2n) is 4.92. The third-order valence-corrected chi connectivity index (χ3v) is 2.88. The summed E-state index contributed by atoms with van der Waals surface area (Å²) in [6.07, 6.45) is -10.8. The van der Waals surface area contributed by atoms with E-state index in [1.165, 1.54) is 0 Å². The number of aliphatic hydroxyl groups excluding tert-OH is 4. The third-order valence-electron chi connectivity index (χ3n) is 2.88. The molecule has 0 heterocycles. The van der Waals surface area contributed by atoms with Crippen molar-refractivity contribution < 1.29 is 54.2 Å². The van der Waals surface area contributed by atoms with Gasteiger partial charge in [0.1, 0.15) is 24.9 Å². The van der Waals surface area contributed by atoms with Crippen LogP contribution in [0, 0.1) is 0 Å². The number of aliphatic hydroxyl groups is 4. The third kappa shape index (κ3) is 7.46. The van der Waals surface area contributed by atoms with Crippen molar-refractivity contribution in [1.29, 1.82) is 0 Å². The van der Waals surface area contributed by atoms with Crippen LogP contribution in [0.3, 0.4) is 0 Å². The minimum absolute atomic E-state index is 0.635. The lowest BCUT2D eigenvalue weighted by Gasteiger charge is -2.30. The number of hydrogen-bond acceptors (Lipinski definition) is 10. The zero-order chi connectivity index (χ0) is 19.0. The van der Waals surface area contributed by atoms with E-state index in [4.69, 9.17) is 5.11 Å². The molecule has 5 atom stereocenters. The van der Waals surface area contributed by atoms with Crippen molar-refractivity contribution in [2.24, 2.45) is 0 Å². The molecule has 5 unspecified atom stereocenters. The fraction of sp³-hybridized carbons (Fsp3) is 0.692. The molecule has 0 spiro atoms. The van der Waals surface area contributed by atoms with Crippen LogP contribution >= 0.6 is 0 Å². The van der Waals surface area contributed by atoms with Gasteiger partial charge in [-0.15, -0.1) is 0 Å². The van der Waals surface area contributed by atoms with Gasteiger partial charge in [0.25, 0.3) is 0 Å². The molecule has 0 radical (unpaired) electrons. The molecule has 24 heavy (non-hydrogen) atoms. The Kier molecular flexibility index (Phi) is 9.07. The molecule has 0 rings (SSSR count). The van der Waals surface area contributed by atoms with Crippen LogP contribution in [-0.4, -0.2) is 86.4 Å². The number of carboxylic acid groups (broad SMARTS) is 1. The van der Waals surface area contributed by atoms with Crippen LogP contribution in [0.2, 0.25) is 0 Å². The Balaban J connectivity index is 4.94. The van der Waals surface area contributed by atoms with Gasteiger partial charge in [-0.25, -0.2) is 4.79 Å². The predicted octanol–water partition coefficient (Wildman–Crippen LogP) is -3.03. The van der Waals surface area contributed by atoms with Crippen LogP contribution in [0.5, 0.6) is 0 Å². The quantitative estimate of drug-likeness (QED) is 0.199. The van der Waals surface area contributed by atoms with Crippen molar-refractivity contribution in [2.75, 3.05) is 6.61 Å². The van der Waals surface area contributed by atoms with E-state index < -0.39 is 67.2 Å². The first kappa shape index (κ1) is 21.9. The SMILES string of the molecule is CC(=O)OCC(OC(C)=O)C(O)C(O)C(O)C(O)CC(=O)C(=O)O. The molecule has 0 aliphatic carbocycles. The predicted molar refractivity (Wildman–Crippen MR) is 73.5 cm³/mol. The van der Waals surface area contributed by atoms with E-state index in [2.05, 4.69) is 9.47 Å². The van der Waals surface area contributed by atoms with Crippen molar-refractivity contribution in [3.63, 3.8) is 0 Å². The Morgan fingerprint density at radius 3 is 1.83 bits per heavy atom. The zero-order valence-electron chi connectivity index (χ0n) is 13.0. The lowest BCUT2D eigenvalue weighted by atomic mass is 9.96. The first-order valence-corrected chi connectivity index (χ1v) is 6.76. The van der Waals surface area contributed by atoms with Gasteiger partial charge in [0.15, 0.2) is 6.10 Å². The van der Waals surface area contributed by atoms with Gasteiger partial charge in [0, 0.05) is 20.3 Å². The van der Waals surface area contributed by atoms with Crippen molar-refractivity contribution in [1.82, 2.24) is 0 Å².